The molecule has 0 N–H and O–H groups in total. The van der Waals surface area contributed by atoms with E-state index in [1.165, 1.54) is 18.6 Å². The predicted octanol–water partition coefficient (Wildman–Crippen LogP) is 1.35. The highest BCUT2D eigenvalue weighted by Gasteiger charge is 2.13. The minimum absolute atomic E-state index is 0.0638. The molecule has 0 aliphatic heterocycles. The molecule has 0 amide bonds. The van der Waals surface area contributed by atoms with Gasteiger partial charge in [-0.2, -0.15) is 5.10 Å². The van der Waals surface area contributed by atoms with Crippen LogP contribution in [0.1, 0.15) is 18.3 Å². The van der Waals surface area contributed by atoms with Crippen LogP contribution < -0.4 is 5.56 Å². The largest absolute Gasteiger partial charge is 0.293 e. The van der Waals surface area contributed by atoms with E-state index in [1.807, 2.05) is 14.0 Å². The molecule has 0 radical (unpaired) electrons. The van der Waals surface area contributed by atoms with Crippen molar-refractivity contribution in [3.8, 4) is 0 Å². The molecule has 5 nitrogen and oxygen atoms in total. The number of nitrogens with zero attached hydrogens (tertiary/aromatic N) is 4. The molecule has 0 bridgehead atoms. The number of rotatable bonds is 3. The summed E-state index contributed by atoms with van der Waals surface area (Å²) >= 11 is 3.53. The fourth-order valence-corrected chi connectivity index (χ4v) is 2.39. The molecule has 6 heteroatoms. The van der Waals surface area contributed by atoms with Crippen molar-refractivity contribution in [1.82, 2.24) is 19.3 Å². The molecule has 0 atom stereocenters. The van der Waals surface area contributed by atoms with Crippen LogP contribution >= 0.6 is 15.9 Å². The molecule has 2 aromatic rings. The summed E-state index contributed by atoms with van der Waals surface area (Å²) in [5.41, 5.74) is 1.91. The lowest BCUT2D eigenvalue weighted by Gasteiger charge is -2.05. The first-order chi connectivity index (χ1) is 8.13. The van der Waals surface area contributed by atoms with Crippen molar-refractivity contribution < 1.29 is 0 Å². The van der Waals surface area contributed by atoms with Crippen LogP contribution in [-0.2, 0) is 20.0 Å². The van der Waals surface area contributed by atoms with E-state index in [9.17, 15) is 4.79 Å². The van der Waals surface area contributed by atoms with Crippen LogP contribution in [0.15, 0.2) is 27.9 Å². The van der Waals surface area contributed by atoms with E-state index in [-0.39, 0.29) is 5.56 Å². The highest BCUT2D eigenvalue weighted by atomic mass is 79.9. The fraction of sp³-hybridized carbons (Fsp3) is 0.364. The molecule has 0 aliphatic rings. The normalized spacial score (nSPS) is 10.8. The summed E-state index contributed by atoms with van der Waals surface area (Å²) in [7, 11) is 1.88. The lowest BCUT2D eigenvalue weighted by molar-refractivity contribution is 0.640. The average Bonchev–Trinajstić information content (AvgIpc) is 2.59. The molecule has 90 valence electrons. The lowest BCUT2D eigenvalue weighted by atomic mass is 10.3. The van der Waals surface area contributed by atoms with Gasteiger partial charge in [0.05, 0.1) is 28.7 Å². The van der Waals surface area contributed by atoms with Crippen LogP contribution in [0, 0.1) is 0 Å². The van der Waals surface area contributed by atoms with Gasteiger partial charge >= 0.3 is 0 Å². The first-order valence-corrected chi connectivity index (χ1v) is 6.13. The lowest BCUT2D eigenvalue weighted by Crippen LogP contribution is -2.20. The maximum absolute atomic E-state index is 11.6. The third kappa shape index (κ3) is 2.31. The third-order valence-corrected chi connectivity index (χ3v) is 3.53. The molecular formula is C11H13BrN4O. The van der Waals surface area contributed by atoms with Gasteiger partial charge in [0.2, 0.25) is 0 Å². The Morgan fingerprint density at radius 3 is 2.82 bits per heavy atom. The maximum atomic E-state index is 11.6. The Morgan fingerprint density at radius 2 is 2.24 bits per heavy atom. The van der Waals surface area contributed by atoms with Crippen LogP contribution in [-0.4, -0.2) is 19.3 Å². The van der Waals surface area contributed by atoms with Crippen molar-refractivity contribution in [2.75, 3.05) is 0 Å². The number of hydrogen-bond donors (Lipinski definition) is 0. The molecule has 0 aromatic carbocycles. The van der Waals surface area contributed by atoms with E-state index in [4.69, 9.17) is 0 Å². The minimum atomic E-state index is -0.0638. The van der Waals surface area contributed by atoms with E-state index in [2.05, 4.69) is 26.0 Å². The fourth-order valence-electron chi connectivity index (χ4n) is 1.65. The maximum Gasteiger partial charge on any atom is 0.253 e. The summed E-state index contributed by atoms with van der Waals surface area (Å²) in [6.45, 7) is 2.52. The zero-order valence-electron chi connectivity index (χ0n) is 9.72. The van der Waals surface area contributed by atoms with Crippen LogP contribution in [0.25, 0.3) is 0 Å². The average molecular weight is 297 g/mol. The molecule has 0 unspecified atom stereocenters. The Morgan fingerprint density at radius 1 is 1.47 bits per heavy atom. The van der Waals surface area contributed by atoms with Gasteiger partial charge in [-0.15, -0.1) is 0 Å². The van der Waals surface area contributed by atoms with Crippen LogP contribution in [0.4, 0.5) is 0 Å². The smallest absolute Gasteiger partial charge is 0.253 e. The monoisotopic (exact) mass is 296 g/mol. The van der Waals surface area contributed by atoms with E-state index < -0.39 is 0 Å². The van der Waals surface area contributed by atoms with Gasteiger partial charge in [-0.3, -0.25) is 14.0 Å². The Hall–Kier alpha value is -1.43. The summed E-state index contributed by atoms with van der Waals surface area (Å²) in [5, 5.41) is 4.39. The van der Waals surface area contributed by atoms with E-state index in [0.29, 0.717) is 6.54 Å². The van der Waals surface area contributed by atoms with Crippen LogP contribution in [0.5, 0.6) is 0 Å². The summed E-state index contributed by atoms with van der Waals surface area (Å²) in [4.78, 5) is 15.5. The van der Waals surface area contributed by atoms with E-state index in [0.717, 1.165) is 22.3 Å². The zero-order chi connectivity index (χ0) is 12.4. The van der Waals surface area contributed by atoms with Gasteiger partial charge in [0.25, 0.3) is 5.56 Å². The third-order valence-electron chi connectivity index (χ3n) is 2.62. The summed E-state index contributed by atoms with van der Waals surface area (Å²) in [5.74, 6) is 0. The van der Waals surface area contributed by atoms with Crippen molar-refractivity contribution in [1.29, 1.82) is 0 Å². The van der Waals surface area contributed by atoms with E-state index in [1.54, 1.807) is 9.25 Å². The highest BCUT2D eigenvalue weighted by Crippen LogP contribution is 2.21. The Bertz CT molecular complexity index is 587. The van der Waals surface area contributed by atoms with Crippen molar-refractivity contribution in [2.45, 2.75) is 19.9 Å². The van der Waals surface area contributed by atoms with Crippen LogP contribution in [0.3, 0.4) is 0 Å². The second-order valence-corrected chi connectivity index (χ2v) is 4.52. The minimum Gasteiger partial charge on any atom is -0.293 e. The summed E-state index contributed by atoms with van der Waals surface area (Å²) in [6, 6.07) is 1.45. The zero-order valence-corrected chi connectivity index (χ0v) is 11.3. The Labute approximate surface area is 107 Å². The predicted molar refractivity (Wildman–Crippen MR) is 67.9 cm³/mol. The molecule has 0 aliphatic carbocycles. The van der Waals surface area contributed by atoms with Gasteiger partial charge in [-0.1, -0.05) is 6.92 Å². The Kier molecular flexibility index (Phi) is 3.42. The van der Waals surface area contributed by atoms with Gasteiger partial charge in [0.1, 0.15) is 0 Å². The van der Waals surface area contributed by atoms with Gasteiger partial charge in [0, 0.05) is 19.3 Å². The second-order valence-electron chi connectivity index (χ2n) is 3.73. The summed E-state index contributed by atoms with van der Waals surface area (Å²) in [6.07, 6.45) is 3.89. The summed E-state index contributed by atoms with van der Waals surface area (Å²) < 4.78 is 4.32. The molecule has 0 saturated heterocycles. The highest BCUT2D eigenvalue weighted by molar-refractivity contribution is 9.10. The van der Waals surface area contributed by atoms with Gasteiger partial charge in [-0.05, 0) is 22.4 Å². The number of hydrogen-bond acceptors (Lipinski definition) is 3. The van der Waals surface area contributed by atoms with Crippen molar-refractivity contribution in [3.05, 3.63) is 44.8 Å². The second kappa shape index (κ2) is 4.83. The molecule has 0 fully saturated rings. The quantitative estimate of drug-likeness (QED) is 0.859. The van der Waals surface area contributed by atoms with Gasteiger partial charge in [0.15, 0.2) is 0 Å². The molecular weight excluding hydrogens is 284 g/mol. The van der Waals surface area contributed by atoms with Crippen molar-refractivity contribution in [3.63, 3.8) is 0 Å². The van der Waals surface area contributed by atoms with Gasteiger partial charge < -0.3 is 0 Å². The molecule has 17 heavy (non-hydrogen) atoms. The standard InChI is InChI=1S/C11H13BrN4O/c1-3-8-11(12)9(15(2)14-8)6-16-7-13-5-4-10(16)17/h4-5,7H,3,6H2,1-2H3. The van der Waals surface area contributed by atoms with Crippen molar-refractivity contribution in [2.24, 2.45) is 7.05 Å². The van der Waals surface area contributed by atoms with E-state index >= 15 is 0 Å². The molecule has 0 spiro atoms. The SMILES string of the molecule is CCc1nn(C)c(Cn2cnccc2=O)c1Br. The molecule has 0 saturated carbocycles. The first kappa shape index (κ1) is 12.0. The van der Waals surface area contributed by atoms with Crippen molar-refractivity contribution >= 4 is 15.9 Å². The number of aryl methyl sites for hydroxylation is 2. The molecule has 2 rings (SSSR count). The molecule has 2 aromatic heterocycles. The van der Waals surface area contributed by atoms with Crippen LogP contribution in [0.2, 0.25) is 0 Å². The molecule has 2 heterocycles. The number of aromatic nitrogens is 4. The Balaban J connectivity index is 2.40. The topological polar surface area (TPSA) is 52.7 Å². The van der Waals surface area contributed by atoms with Gasteiger partial charge in [-0.25, -0.2) is 4.98 Å². The number of halogens is 1. The first-order valence-electron chi connectivity index (χ1n) is 5.34.